The molecule has 0 aromatic heterocycles. The van der Waals surface area contributed by atoms with E-state index in [-0.39, 0.29) is 17.7 Å². The topological polar surface area (TPSA) is 58.2 Å². The third-order valence-electron chi connectivity index (χ3n) is 4.18. The number of hydrogen-bond acceptors (Lipinski definition) is 3. The van der Waals surface area contributed by atoms with Crippen molar-refractivity contribution in [3.63, 3.8) is 0 Å². The fourth-order valence-electron chi connectivity index (χ4n) is 2.77. The SMILES string of the molecule is CSC1CCCCC1NC(=O)CCCNC(=O)C1CC1. The minimum atomic E-state index is 0.136. The predicted octanol–water partition coefficient (Wildman–Crippen LogP) is 2.08. The summed E-state index contributed by atoms with van der Waals surface area (Å²) in [6.45, 7) is 0.624. The molecule has 20 heavy (non-hydrogen) atoms. The molecule has 2 unspecified atom stereocenters. The molecule has 0 radical (unpaired) electrons. The van der Waals surface area contributed by atoms with Crippen molar-refractivity contribution in [2.75, 3.05) is 12.8 Å². The normalized spacial score (nSPS) is 26.1. The summed E-state index contributed by atoms with van der Waals surface area (Å²) in [4.78, 5) is 23.4. The second kappa shape index (κ2) is 7.91. The maximum atomic E-state index is 11.9. The lowest BCUT2D eigenvalue weighted by Crippen LogP contribution is -2.43. The van der Waals surface area contributed by atoms with Gasteiger partial charge in [-0.1, -0.05) is 12.8 Å². The van der Waals surface area contributed by atoms with Crippen LogP contribution in [0.25, 0.3) is 0 Å². The van der Waals surface area contributed by atoms with Crippen LogP contribution in [-0.2, 0) is 9.59 Å². The lowest BCUT2D eigenvalue weighted by Gasteiger charge is -2.30. The minimum absolute atomic E-state index is 0.136. The van der Waals surface area contributed by atoms with Crippen LogP contribution in [0, 0.1) is 5.92 Å². The maximum absolute atomic E-state index is 11.9. The highest BCUT2D eigenvalue weighted by molar-refractivity contribution is 7.99. The number of hydrogen-bond donors (Lipinski definition) is 2. The molecule has 2 amide bonds. The Morgan fingerprint density at radius 1 is 1.15 bits per heavy atom. The highest BCUT2D eigenvalue weighted by atomic mass is 32.2. The van der Waals surface area contributed by atoms with E-state index in [4.69, 9.17) is 0 Å². The molecule has 2 fully saturated rings. The van der Waals surface area contributed by atoms with E-state index in [1.165, 1.54) is 19.3 Å². The molecule has 2 aliphatic carbocycles. The monoisotopic (exact) mass is 298 g/mol. The Kier molecular flexibility index (Phi) is 6.20. The van der Waals surface area contributed by atoms with Gasteiger partial charge < -0.3 is 10.6 Å². The first kappa shape index (κ1) is 15.7. The fourth-order valence-corrected chi connectivity index (χ4v) is 3.71. The van der Waals surface area contributed by atoms with Gasteiger partial charge in [-0.2, -0.15) is 11.8 Å². The summed E-state index contributed by atoms with van der Waals surface area (Å²) in [5.41, 5.74) is 0. The number of amides is 2. The van der Waals surface area contributed by atoms with Crippen molar-refractivity contribution in [2.24, 2.45) is 5.92 Å². The van der Waals surface area contributed by atoms with Gasteiger partial charge in [0.05, 0.1) is 0 Å². The van der Waals surface area contributed by atoms with Gasteiger partial charge in [-0.3, -0.25) is 9.59 Å². The Labute approximate surface area is 125 Å². The molecule has 0 spiro atoms. The van der Waals surface area contributed by atoms with Crippen LogP contribution < -0.4 is 10.6 Å². The van der Waals surface area contributed by atoms with Crippen molar-refractivity contribution in [1.82, 2.24) is 10.6 Å². The van der Waals surface area contributed by atoms with Crippen LogP contribution in [0.15, 0.2) is 0 Å². The average Bonchev–Trinajstić information content (AvgIpc) is 3.28. The predicted molar refractivity (Wildman–Crippen MR) is 82.7 cm³/mol. The summed E-state index contributed by atoms with van der Waals surface area (Å²) in [6.07, 6.45) is 10.3. The van der Waals surface area contributed by atoms with Crippen LogP contribution in [0.3, 0.4) is 0 Å². The van der Waals surface area contributed by atoms with Crippen molar-refractivity contribution >= 4 is 23.6 Å². The molecule has 2 N–H and O–H groups in total. The van der Waals surface area contributed by atoms with Crippen LogP contribution in [-0.4, -0.2) is 35.9 Å². The first-order valence-corrected chi connectivity index (χ1v) is 9.09. The number of nitrogens with one attached hydrogen (secondary N) is 2. The van der Waals surface area contributed by atoms with Gasteiger partial charge >= 0.3 is 0 Å². The van der Waals surface area contributed by atoms with Crippen molar-refractivity contribution in [2.45, 2.75) is 62.7 Å². The summed E-state index contributed by atoms with van der Waals surface area (Å²) in [7, 11) is 0. The third-order valence-corrected chi connectivity index (χ3v) is 5.35. The van der Waals surface area contributed by atoms with E-state index >= 15 is 0 Å². The smallest absolute Gasteiger partial charge is 0.223 e. The quantitative estimate of drug-likeness (QED) is 0.708. The highest BCUT2D eigenvalue weighted by Crippen LogP contribution is 2.28. The van der Waals surface area contributed by atoms with E-state index in [0.717, 1.165) is 25.7 Å². The van der Waals surface area contributed by atoms with Gasteiger partial charge in [0.2, 0.25) is 11.8 Å². The minimum Gasteiger partial charge on any atom is -0.356 e. The lowest BCUT2D eigenvalue weighted by molar-refractivity contribution is -0.124. The van der Waals surface area contributed by atoms with E-state index in [1.807, 2.05) is 11.8 Å². The molecule has 114 valence electrons. The van der Waals surface area contributed by atoms with Crippen molar-refractivity contribution in [1.29, 1.82) is 0 Å². The second-order valence-corrected chi connectivity index (χ2v) is 6.98. The van der Waals surface area contributed by atoms with Crippen LogP contribution in [0.5, 0.6) is 0 Å². The Balaban J connectivity index is 1.58. The van der Waals surface area contributed by atoms with Gasteiger partial charge in [-0.25, -0.2) is 0 Å². The van der Waals surface area contributed by atoms with Crippen molar-refractivity contribution < 1.29 is 9.59 Å². The molecule has 2 saturated carbocycles. The molecule has 5 heteroatoms. The zero-order valence-electron chi connectivity index (χ0n) is 12.3. The second-order valence-electron chi connectivity index (χ2n) is 5.90. The lowest BCUT2D eigenvalue weighted by atomic mass is 9.94. The van der Waals surface area contributed by atoms with Crippen LogP contribution in [0.2, 0.25) is 0 Å². The summed E-state index contributed by atoms with van der Waals surface area (Å²) in [6, 6.07) is 0.340. The molecule has 4 nitrogen and oxygen atoms in total. The summed E-state index contributed by atoms with van der Waals surface area (Å²) < 4.78 is 0. The van der Waals surface area contributed by atoms with E-state index in [9.17, 15) is 9.59 Å². The fraction of sp³-hybridized carbons (Fsp3) is 0.867. The highest BCUT2D eigenvalue weighted by Gasteiger charge is 2.29. The van der Waals surface area contributed by atoms with Crippen LogP contribution in [0.4, 0.5) is 0 Å². The molecular formula is C15H26N2O2S. The Morgan fingerprint density at radius 3 is 2.60 bits per heavy atom. The summed E-state index contributed by atoms with van der Waals surface area (Å²) >= 11 is 1.87. The molecule has 0 saturated heterocycles. The molecule has 0 bridgehead atoms. The zero-order valence-corrected chi connectivity index (χ0v) is 13.1. The largest absolute Gasteiger partial charge is 0.356 e. The average molecular weight is 298 g/mol. The maximum Gasteiger partial charge on any atom is 0.223 e. The first-order valence-electron chi connectivity index (χ1n) is 7.80. The molecular weight excluding hydrogens is 272 g/mol. The molecule has 0 aliphatic heterocycles. The molecule has 0 aromatic carbocycles. The molecule has 2 aliphatic rings. The Bertz CT molecular complexity index is 345. The zero-order chi connectivity index (χ0) is 14.4. The molecule has 0 heterocycles. The number of carbonyl (C=O) groups excluding carboxylic acids is 2. The van der Waals surface area contributed by atoms with E-state index in [2.05, 4.69) is 16.9 Å². The number of rotatable bonds is 7. The van der Waals surface area contributed by atoms with Gasteiger partial charge in [-0.15, -0.1) is 0 Å². The molecule has 2 atom stereocenters. The molecule has 0 aromatic rings. The van der Waals surface area contributed by atoms with Crippen molar-refractivity contribution in [3.05, 3.63) is 0 Å². The van der Waals surface area contributed by atoms with Gasteiger partial charge in [0.1, 0.15) is 0 Å². The van der Waals surface area contributed by atoms with Gasteiger partial charge in [0.15, 0.2) is 0 Å². The first-order chi connectivity index (χ1) is 9.70. The molecule has 2 rings (SSSR count). The van der Waals surface area contributed by atoms with Gasteiger partial charge in [-0.05, 0) is 38.4 Å². The van der Waals surface area contributed by atoms with Gasteiger partial charge in [0.25, 0.3) is 0 Å². The van der Waals surface area contributed by atoms with Crippen LogP contribution in [0.1, 0.15) is 51.4 Å². The van der Waals surface area contributed by atoms with Gasteiger partial charge in [0, 0.05) is 30.2 Å². The van der Waals surface area contributed by atoms with Crippen molar-refractivity contribution in [3.8, 4) is 0 Å². The number of carbonyl (C=O) groups is 2. The van der Waals surface area contributed by atoms with E-state index < -0.39 is 0 Å². The standard InChI is InChI=1S/C15H26N2O2S/c1-20-13-6-3-2-5-12(13)17-14(18)7-4-10-16-15(19)11-8-9-11/h11-13H,2-10H2,1H3,(H,16,19)(H,17,18). The van der Waals surface area contributed by atoms with E-state index in [1.54, 1.807) is 0 Å². The van der Waals surface area contributed by atoms with Crippen LogP contribution >= 0.6 is 11.8 Å². The summed E-state index contributed by atoms with van der Waals surface area (Å²) in [5.74, 6) is 0.560. The Morgan fingerprint density at radius 2 is 1.90 bits per heavy atom. The summed E-state index contributed by atoms with van der Waals surface area (Å²) in [5, 5.41) is 6.64. The number of thioether (sulfide) groups is 1. The Hall–Kier alpha value is -0.710. The van der Waals surface area contributed by atoms with E-state index in [0.29, 0.717) is 24.3 Å². The third kappa shape index (κ3) is 5.00.